The predicted octanol–water partition coefficient (Wildman–Crippen LogP) is 1.25. The number of hydrogen-bond acceptors (Lipinski definition) is 5. The van der Waals surface area contributed by atoms with Crippen molar-refractivity contribution in [3.8, 4) is 0 Å². The largest absolute Gasteiger partial charge is 0.389 e. The zero-order valence-corrected chi connectivity index (χ0v) is 13.6. The number of β-amino-alcohol motifs (C(OH)–C–C–N with tert-alkyl or cyclic N) is 1. The summed E-state index contributed by atoms with van der Waals surface area (Å²) in [6.07, 6.45) is 1.89. The van der Waals surface area contributed by atoms with Crippen molar-refractivity contribution < 1.29 is 5.11 Å². The topological polar surface area (TPSA) is 51.6 Å². The van der Waals surface area contributed by atoms with E-state index in [4.69, 9.17) is 0 Å². The molecule has 0 amide bonds. The van der Waals surface area contributed by atoms with Gasteiger partial charge in [-0.2, -0.15) is 0 Å². The Bertz CT molecular complexity index is 450. The summed E-state index contributed by atoms with van der Waals surface area (Å²) in [7, 11) is 1.97. The minimum absolute atomic E-state index is 0.336. The van der Waals surface area contributed by atoms with Crippen LogP contribution in [0.15, 0.2) is 18.3 Å². The van der Waals surface area contributed by atoms with Crippen molar-refractivity contribution in [3.63, 3.8) is 0 Å². The van der Waals surface area contributed by atoms with E-state index in [1.807, 2.05) is 27.1 Å². The average Bonchev–Trinajstić information content (AvgIpc) is 2.45. The van der Waals surface area contributed by atoms with Crippen LogP contribution < -0.4 is 10.2 Å². The molecule has 0 bridgehead atoms. The lowest BCUT2D eigenvalue weighted by atomic mass is 10.1. The summed E-state index contributed by atoms with van der Waals surface area (Å²) in [5, 5.41) is 13.2. The first-order valence-corrected chi connectivity index (χ1v) is 7.72. The monoisotopic (exact) mass is 292 g/mol. The standard InChI is InChI=1S/C16H28N4O/c1-13(17-4)14-5-6-18-15(11-14)20-9-7-19(8-10-20)12-16(2,3)21/h5-6,11,13,17,21H,7-10,12H2,1-4H3. The van der Waals surface area contributed by atoms with Gasteiger partial charge in [-0.15, -0.1) is 0 Å². The van der Waals surface area contributed by atoms with Gasteiger partial charge >= 0.3 is 0 Å². The Morgan fingerprint density at radius 2 is 2.00 bits per heavy atom. The van der Waals surface area contributed by atoms with Gasteiger partial charge in [0.1, 0.15) is 5.82 Å². The summed E-state index contributed by atoms with van der Waals surface area (Å²) in [4.78, 5) is 9.15. The first-order valence-electron chi connectivity index (χ1n) is 7.72. The molecule has 2 heterocycles. The number of rotatable bonds is 5. The maximum absolute atomic E-state index is 9.90. The van der Waals surface area contributed by atoms with Gasteiger partial charge in [-0.1, -0.05) is 0 Å². The summed E-state index contributed by atoms with van der Waals surface area (Å²) in [6.45, 7) is 10.5. The molecule has 1 saturated heterocycles. The second-order valence-corrected chi connectivity index (χ2v) is 6.53. The van der Waals surface area contributed by atoms with Crippen LogP contribution in [-0.4, -0.2) is 60.4 Å². The summed E-state index contributed by atoms with van der Waals surface area (Å²) >= 11 is 0. The van der Waals surface area contributed by atoms with Crippen LogP contribution in [0, 0.1) is 0 Å². The first kappa shape index (κ1) is 16.2. The van der Waals surface area contributed by atoms with Crippen molar-refractivity contribution in [2.45, 2.75) is 32.4 Å². The maximum atomic E-state index is 9.90. The van der Waals surface area contributed by atoms with E-state index in [2.05, 4.69) is 39.2 Å². The Labute approximate surface area is 128 Å². The molecule has 2 rings (SSSR count). The van der Waals surface area contributed by atoms with E-state index in [1.165, 1.54) is 5.56 Å². The van der Waals surface area contributed by atoms with Crippen LogP contribution in [0.1, 0.15) is 32.4 Å². The van der Waals surface area contributed by atoms with Crippen molar-refractivity contribution in [2.75, 3.05) is 44.7 Å². The molecule has 1 aromatic rings. The van der Waals surface area contributed by atoms with Crippen molar-refractivity contribution >= 4 is 5.82 Å². The highest BCUT2D eigenvalue weighted by Crippen LogP contribution is 2.19. The van der Waals surface area contributed by atoms with Gasteiger partial charge in [0, 0.05) is 45.0 Å². The van der Waals surface area contributed by atoms with E-state index >= 15 is 0 Å². The third-order valence-corrected chi connectivity index (χ3v) is 4.01. The van der Waals surface area contributed by atoms with E-state index in [0.29, 0.717) is 6.04 Å². The van der Waals surface area contributed by atoms with E-state index in [9.17, 15) is 5.11 Å². The van der Waals surface area contributed by atoms with Crippen molar-refractivity contribution in [2.24, 2.45) is 0 Å². The molecule has 1 aromatic heterocycles. The number of aromatic nitrogens is 1. The molecule has 0 aromatic carbocycles. The van der Waals surface area contributed by atoms with Gasteiger partial charge < -0.3 is 15.3 Å². The summed E-state index contributed by atoms with van der Waals surface area (Å²) < 4.78 is 0. The van der Waals surface area contributed by atoms with E-state index in [1.54, 1.807) is 0 Å². The number of hydrogen-bond donors (Lipinski definition) is 2. The van der Waals surface area contributed by atoms with Gasteiger partial charge in [0.25, 0.3) is 0 Å². The quantitative estimate of drug-likeness (QED) is 0.855. The molecule has 2 N–H and O–H groups in total. The molecule has 1 fully saturated rings. The van der Waals surface area contributed by atoms with Gasteiger partial charge in [0.05, 0.1) is 5.60 Å². The van der Waals surface area contributed by atoms with Crippen LogP contribution in [0.25, 0.3) is 0 Å². The number of anilines is 1. The Hall–Kier alpha value is -1.17. The first-order chi connectivity index (χ1) is 9.89. The van der Waals surface area contributed by atoms with Crippen LogP contribution >= 0.6 is 0 Å². The zero-order chi connectivity index (χ0) is 15.5. The van der Waals surface area contributed by atoms with E-state index < -0.39 is 5.60 Å². The Kier molecular flexibility index (Phi) is 5.19. The Balaban J connectivity index is 1.96. The van der Waals surface area contributed by atoms with E-state index in [-0.39, 0.29) is 0 Å². The van der Waals surface area contributed by atoms with E-state index in [0.717, 1.165) is 38.5 Å². The number of nitrogens with one attached hydrogen (secondary N) is 1. The Morgan fingerprint density at radius 1 is 1.33 bits per heavy atom. The van der Waals surface area contributed by atoms with Crippen LogP contribution in [0.4, 0.5) is 5.82 Å². The number of aliphatic hydroxyl groups is 1. The molecule has 0 aliphatic carbocycles. The molecule has 118 valence electrons. The number of piperazine rings is 1. The zero-order valence-electron chi connectivity index (χ0n) is 13.6. The lowest BCUT2D eigenvalue weighted by molar-refractivity contribution is 0.0344. The molecule has 1 aliphatic rings. The molecule has 5 heteroatoms. The van der Waals surface area contributed by atoms with Crippen molar-refractivity contribution in [3.05, 3.63) is 23.9 Å². The average molecular weight is 292 g/mol. The third-order valence-electron chi connectivity index (χ3n) is 4.01. The van der Waals surface area contributed by atoms with Gasteiger partial charge in [0.2, 0.25) is 0 Å². The highest BCUT2D eigenvalue weighted by atomic mass is 16.3. The fourth-order valence-electron chi connectivity index (χ4n) is 2.73. The number of pyridine rings is 1. The second-order valence-electron chi connectivity index (χ2n) is 6.53. The van der Waals surface area contributed by atoms with Gasteiger partial charge in [-0.05, 0) is 45.5 Å². The third kappa shape index (κ3) is 4.66. The van der Waals surface area contributed by atoms with Crippen LogP contribution in [0.3, 0.4) is 0 Å². The van der Waals surface area contributed by atoms with Gasteiger partial charge in [-0.3, -0.25) is 4.90 Å². The molecule has 0 saturated carbocycles. The van der Waals surface area contributed by atoms with Crippen LogP contribution in [-0.2, 0) is 0 Å². The molecule has 0 radical (unpaired) electrons. The molecule has 0 spiro atoms. The predicted molar refractivity (Wildman–Crippen MR) is 86.7 cm³/mol. The fraction of sp³-hybridized carbons (Fsp3) is 0.688. The van der Waals surface area contributed by atoms with Crippen molar-refractivity contribution in [1.82, 2.24) is 15.2 Å². The highest BCUT2D eigenvalue weighted by molar-refractivity contribution is 5.42. The van der Waals surface area contributed by atoms with Crippen LogP contribution in [0.5, 0.6) is 0 Å². The molecule has 1 aliphatic heterocycles. The van der Waals surface area contributed by atoms with Gasteiger partial charge in [0.15, 0.2) is 0 Å². The minimum atomic E-state index is -0.622. The molecule has 1 atom stereocenters. The smallest absolute Gasteiger partial charge is 0.128 e. The van der Waals surface area contributed by atoms with Crippen molar-refractivity contribution in [1.29, 1.82) is 0 Å². The Morgan fingerprint density at radius 3 is 2.57 bits per heavy atom. The van der Waals surface area contributed by atoms with Crippen LogP contribution in [0.2, 0.25) is 0 Å². The summed E-state index contributed by atoms with van der Waals surface area (Å²) in [5.41, 5.74) is 0.643. The molecule has 1 unspecified atom stereocenters. The molecule has 5 nitrogen and oxygen atoms in total. The fourth-order valence-corrected chi connectivity index (χ4v) is 2.73. The normalized spacial score (nSPS) is 18.8. The molecular formula is C16H28N4O. The SMILES string of the molecule is CNC(C)c1ccnc(N2CCN(CC(C)(C)O)CC2)c1. The summed E-state index contributed by atoms with van der Waals surface area (Å²) in [5.74, 6) is 1.05. The second kappa shape index (κ2) is 6.73. The maximum Gasteiger partial charge on any atom is 0.128 e. The summed E-state index contributed by atoms with van der Waals surface area (Å²) in [6, 6.07) is 4.57. The highest BCUT2D eigenvalue weighted by Gasteiger charge is 2.23. The lowest BCUT2D eigenvalue weighted by Crippen LogP contribution is -2.50. The number of nitrogens with zero attached hydrogens (tertiary/aromatic N) is 3. The molecular weight excluding hydrogens is 264 g/mol. The minimum Gasteiger partial charge on any atom is -0.389 e. The van der Waals surface area contributed by atoms with Gasteiger partial charge in [-0.25, -0.2) is 4.98 Å². The molecule has 21 heavy (non-hydrogen) atoms. The lowest BCUT2D eigenvalue weighted by Gasteiger charge is -2.38.